The summed E-state index contributed by atoms with van der Waals surface area (Å²) >= 11 is 12.0. The fourth-order valence-electron chi connectivity index (χ4n) is 3.76. The monoisotopic (exact) mass is 498 g/mol. The van der Waals surface area contributed by atoms with Crippen LogP contribution in [0.2, 0.25) is 10.0 Å². The van der Waals surface area contributed by atoms with Crippen LogP contribution in [0.3, 0.4) is 0 Å². The molecule has 0 radical (unpaired) electrons. The molecule has 2 N–H and O–H groups in total. The summed E-state index contributed by atoms with van der Waals surface area (Å²) < 4.78 is 12.4. The van der Waals surface area contributed by atoms with Crippen molar-refractivity contribution in [2.45, 2.75) is 12.1 Å². The van der Waals surface area contributed by atoms with Gasteiger partial charge in [0.05, 0.1) is 14.2 Å². The number of nitrogens with zero attached hydrogens (tertiary/aromatic N) is 1. The lowest BCUT2D eigenvalue weighted by molar-refractivity contribution is -0.596. The van der Waals surface area contributed by atoms with E-state index >= 15 is 0 Å². The number of hydrazine groups is 1. The van der Waals surface area contributed by atoms with Crippen LogP contribution >= 0.6 is 23.2 Å². The second-order valence-electron chi connectivity index (χ2n) is 7.58. The number of hydrogen-bond acceptors (Lipinski definition) is 4. The lowest BCUT2D eigenvalue weighted by Crippen LogP contribution is -2.42. The van der Waals surface area contributed by atoms with Crippen molar-refractivity contribution in [1.82, 2.24) is 10.7 Å². The van der Waals surface area contributed by atoms with Crippen molar-refractivity contribution in [3.05, 3.63) is 93.5 Å². The summed E-state index contributed by atoms with van der Waals surface area (Å²) in [4.78, 5) is 25.9. The number of hydrazone groups is 1. The predicted molar refractivity (Wildman–Crippen MR) is 130 cm³/mol. The normalized spacial score (nSPS) is 18.5. The van der Waals surface area contributed by atoms with E-state index in [-0.39, 0.29) is 11.8 Å². The molecule has 1 saturated heterocycles. The average molecular weight is 499 g/mol. The first kappa shape index (κ1) is 23.6. The zero-order valence-electron chi connectivity index (χ0n) is 18.4. The Balaban J connectivity index is 1.71. The number of halogens is 2. The van der Waals surface area contributed by atoms with Crippen LogP contribution in [0.25, 0.3) is 0 Å². The van der Waals surface area contributed by atoms with E-state index in [1.54, 1.807) is 73.6 Å². The number of carbonyl (C=O) groups excluding carboxylic acids is 2. The zero-order valence-corrected chi connectivity index (χ0v) is 19.9. The van der Waals surface area contributed by atoms with Crippen LogP contribution in [0.4, 0.5) is 0 Å². The average Bonchev–Trinajstić information content (AvgIpc) is 3.14. The molecule has 1 heterocycles. The van der Waals surface area contributed by atoms with E-state index in [1.807, 2.05) is 18.2 Å². The molecule has 3 aromatic carbocycles. The number of methoxy groups -OCH3 is 2. The summed E-state index contributed by atoms with van der Waals surface area (Å²) in [5, 5.41) is 3.94. The Morgan fingerprint density at radius 1 is 0.941 bits per heavy atom. The third-order valence-corrected chi connectivity index (χ3v) is 5.94. The van der Waals surface area contributed by atoms with Gasteiger partial charge in [0.15, 0.2) is 17.5 Å². The molecule has 0 aromatic heterocycles. The Labute approximate surface area is 206 Å². The van der Waals surface area contributed by atoms with E-state index in [4.69, 9.17) is 32.7 Å². The molecule has 1 aliphatic heterocycles. The minimum Gasteiger partial charge on any atom is -0.493 e. The van der Waals surface area contributed by atoms with Crippen LogP contribution in [0.5, 0.6) is 11.5 Å². The van der Waals surface area contributed by atoms with Gasteiger partial charge in [0, 0.05) is 26.7 Å². The molecule has 1 fully saturated rings. The van der Waals surface area contributed by atoms with Gasteiger partial charge in [-0.3, -0.25) is 9.59 Å². The third kappa shape index (κ3) is 5.00. The number of ether oxygens (including phenoxy) is 2. The zero-order chi connectivity index (χ0) is 24.2. The van der Waals surface area contributed by atoms with E-state index in [0.29, 0.717) is 27.1 Å². The Hall–Kier alpha value is -3.55. The van der Waals surface area contributed by atoms with Crippen molar-refractivity contribution >= 4 is 41.2 Å². The van der Waals surface area contributed by atoms with E-state index in [0.717, 1.165) is 11.1 Å². The molecule has 0 bridgehead atoms. The van der Waals surface area contributed by atoms with Crippen molar-refractivity contribution < 1.29 is 23.7 Å². The fraction of sp³-hybridized carbons (Fsp3) is 0.160. The molecule has 4 rings (SSSR count). The largest absolute Gasteiger partial charge is 0.493 e. The highest BCUT2D eigenvalue weighted by molar-refractivity contribution is 6.30. The number of rotatable bonds is 6. The van der Waals surface area contributed by atoms with E-state index < -0.39 is 12.1 Å². The van der Waals surface area contributed by atoms with Crippen LogP contribution in [0, 0.1) is 0 Å². The minimum absolute atomic E-state index is 0.348. The standard InChI is InChI=1S/C25H21Cl2N3O4/c1-33-20-12-3-15(13-21(20)34-2)14-30-23(16-4-8-18(26)9-5-16)22(25(32)29-30)28-24(31)17-6-10-19(27)11-7-17/h3-14,22-23H,1-2H3,(H-,28,29,31,32)/p+1/b30-14-/t22-,23-/m0/s1. The lowest BCUT2D eigenvalue weighted by atomic mass is 9.99. The van der Waals surface area contributed by atoms with Gasteiger partial charge in [0.2, 0.25) is 12.3 Å². The summed E-state index contributed by atoms with van der Waals surface area (Å²) in [5.74, 6) is 0.410. The third-order valence-electron chi connectivity index (χ3n) is 5.44. The maximum absolute atomic E-state index is 13.0. The molecule has 0 aliphatic carbocycles. The van der Waals surface area contributed by atoms with Gasteiger partial charge in [-0.15, -0.1) is 10.1 Å². The van der Waals surface area contributed by atoms with Gasteiger partial charge >= 0.3 is 5.91 Å². The maximum atomic E-state index is 13.0. The number of amides is 2. The summed E-state index contributed by atoms with van der Waals surface area (Å²) in [6, 6.07) is 17.6. The smallest absolute Gasteiger partial charge is 0.304 e. The van der Waals surface area contributed by atoms with Crippen molar-refractivity contribution in [3.63, 3.8) is 0 Å². The van der Waals surface area contributed by atoms with Gasteiger partial charge in [-0.2, -0.15) is 0 Å². The fourth-order valence-corrected chi connectivity index (χ4v) is 4.01. The molecule has 1 aliphatic rings. The quantitative estimate of drug-likeness (QED) is 0.503. The minimum atomic E-state index is -0.860. The Kier molecular flexibility index (Phi) is 7.05. The second kappa shape index (κ2) is 10.2. The van der Waals surface area contributed by atoms with Crippen LogP contribution in [-0.4, -0.2) is 43.0 Å². The maximum Gasteiger partial charge on any atom is 0.304 e. The topological polar surface area (TPSA) is 79.7 Å². The van der Waals surface area contributed by atoms with Gasteiger partial charge < -0.3 is 14.8 Å². The molecule has 0 saturated carbocycles. The van der Waals surface area contributed by atoms with Crippen molar-refractivity contribution in [2.24, 2.45) is 0 Å². The first-order chi connectivity index (χ1) is 16.4. The van der Waals surface area contributed by atoms with Crippen LogP contribution in [0.1, 0.15) is 27.5 Å². The summed E-state index contributed by atoms with van der Waals surface area (Å²) in [6.07, 6.45) is 1.77. The van der Waals surface area contributed by atoms with Crippen LogP contribution in [0.15, 0.2) is 66.7 Å². The Morgan fingerprint density at radius 2 is 1.56 bits per heavy atom. The molecule has 2 amide bonds. The van der Waals surface area contributed by atoms with E-state index in [2.05, 4.69) is 10.7 Å². The molecular weight excluding hydrogens is 477 g/mol. The highest BCUT2D eigenvalue weighted by atomic mass is 35.5. The van der Waals surface area contributed by atoms with Crippen LogP contribution in [-0.2, 0) is 4.79 Å². The number of nitrogens with one attached hydrogen (secondary N) is 2. The summed E-state index contributed by atoms with van der Waals surface area (Å²) in [5.41, 5.74) is 4.80. The molecule has 3 aromatic rings. The van der Waals surface area contributed by atoms with Gasteiger partial charge in [0.25, 0.3) is 5.91 Å². The summed E-state index contributed by atoms with van der Waals surface area (Å²) in [7, 11) is 3.12. The first-order valence-corrected chi connectivity index (χ1v) is 11.1. The molecule has 34 heavy (non-hydrogen) atoms. The molecule has 2 atom stereocenters. The number of carbonyl (C=O) groups is 2. The number of benzene rings is 3. The molecule has 9 heteroatoms. The van der Waals surface area contributed by atoms with Crippen LogP contribution < -0.4 is 20.2 Å². The Bertz CT molecular complexity index is 1240. The molecule has 7 nitrogen and oxygen atoms in total. The van der Waals surface area contributed by atoms with Gasteiger partial charge in [-0.1, -0.05) is 35.3 Å². The summed E-state index contributed by atoms with van der Waals surface area (Å²) in [6.45, 7) is 0. The SMILES string of the molecule is COc1ccc(/C=[N+]2\NC(=O)[C@@H](NC(=O)c3ccc(Cl)cc3)[C@@H]2c2ccc(Cl)cc2)cc1OC. The van der Waals surface area contributed by atoms with Gasteiger partial charge in [-0.05, 0) is 54.6 Å². The van der Waals surface area contributed by atoms with Gasteiger partial charge in [0.1, 0.15) is 0 Å². The molecular formula is C25H22Cl2N3O4+. The van der Waals surface area contributed by atoms with Crippen molar-refractivity contribution in [2.75, 3.05) is 14.2 Å². The van der Waals surface area contributed by atoms with Crippen molar-refractivity contribution in [3.8, 4) is 11.5 Å². The molecule has 174 valence electrons. The lowest BCUT2D eigenvalue weighted by Gasteiger charge is -2.15. The predicted octanol–water partition coefficient (Wildman–Crippen LogP) is 4.03. The Morgan fingerprint density at radius 3 is 2.18 bits per heavy atom. The molecule has 0 unspecified atom stereocenters. The van der Waals surface area contributed by atoms with Gasteiger partial charge in [-0.25, -0.2) is 0 Å². The van der Waals surface area contributed by atoms with E-state index in [1.165, 1.54) is 0 Å². The highest BCUT2D eigenvalue weighted by Crippen LogP contribution is 2.29. The van der Waals surface area contributed by atoms with Crippen molar-refractivity contribution in [1.29, 1.82) is 0 Å². The molecule has 0 spiro atoms. The second-order valence-corrected chi connectivity index (χ2v) is 8.45. The first-order valence-electron chi connectivity index (χ1n) is 10.4. The number of hydrogen-bond donors (Lipinski definition) is 2. The highest BCUT2D eigenvalue weighted by Gasteiger charge is 2.47. The van der Waals surface area contributed by atoms with E-state index in [9.17, 15) is 9.59 Å².